The lowest BCUT2D eigenvalue weighted by molar-refractivity contribution is -0.139. The van der Waals surface area contributed by atoms with E-state index in [1.54, 1.807) is 31.7 Å². The first-order chi connectivity index (χ1) is 20.4. The minimum Gasteiger partial charge on any atom is -0.444 e. The van der Waals surface area contributed by atoms with Gasteiger partial charge < -0.3 is 19.9 Å². The van der Waals surface area contributed by atoms with Gasteiger partial charge in [0.05, 0.1) is 12.1 Å². The largest absolute Gasteiger partial charge is 0.444 e. The summed E-state index contributed by atoms with van der Waals surface area (Å²) in [6, 6.07) is 11.5. The Morgan fingerprint density at radius 3 is 2.49 bits per heavy atom. The van der Waals surface area contributed by atoms with E-state index in [0.29, 0.717) is 19.5 Å². The molecule has 10 heteroatoms. The van der Waals surface area contributed by atoms with E-state index in [1.165, 1.54) is 41.0 Å². The molecule has 0 unspecified atom stereocenters. The number of likely N-dealkylation sites (tertiary alicyclic amines) is 1. The number of hydrogen-bond acceptors (Lipinski definition) is 5. The first kappa shape index (κ1) is 31.2. The summed E-state index contributed by atoms with van der Waals surface area (Å²) in [5.41, 5.74) is 2.06. The predicted molar refractivity (Wildman–Crippen MR) is 159 cm³/mol. The molecule has 234 valence electrons. The molecule has 1 aliphatic carbocycles. The topological polar surface area (TPSA) is 65.1 Å². The minimum absolute atomic E-state index is 0.0288. The molecule has 0 radical (unpaired) electrons. The van der Waals surface area contributed by atoms with Gasteiger partial charge in [0.1, 0.15) is 5.60 Å². The van der Waals surface area contributed by atoms with Crippen molar-refractivity contribution in [2.45, 2.75) is 71.3 Å². The Balaban J connectivity index is 1.28. The molecule has 1 saturated carbocycles. The van der Waals surface area contributed by atoms with E-state index in [2.05, 4.69) is 16.3 Å². The molecule has 0 spiro atoms. The Morgan fingerprint density at radius 2 is 1.77 bits per heavy atom. The number of alkyl halides is 3. The second kappa shape index (κ2) is 12.8. The van der Waals surface area contributed by atoms with Crippen molar-refractivity contribution in [2.24, 2.45) is 11.8 Å². The van der Waals surface area contributed by atoms with Crippen LogP contribution in [0, 0.1) is 11.8 Å². The van der Waals surface area contributed by atoms with Crippen molar-refractivity contribution in [3.05, 3.63) is 64.7 Å². The maximum Gasteiger partial charge on any atom is 0.416 e. The number of carbonyl (C=O) groups excluding carboxylic acids is 2. The van der Waals surface area contributed by atoms with Crippen molar-refractivity contribution in [1.29, 1.82) is 0 Å². The Bertz CT molecular complexity index is 1310. The van der Waals surface area contributed by atoms with Crippen molar-refractivity contribution in [3.63, 3.8) is 0 Å². The van der Waals surface area contributed by atoms with Gasteiger partial charge in [-0.15, -0.1) is 0 Å². The van der Waals surface area contributed by atoms with Crippen LogP contribution in [-0.4, -0.2) is 71.6 Å². The second-order valence-electron chi connectivity index (χ2n) is 13.2. The molecule has 0 aromatic heterocycles. The van der Waals surface area contributed by atoms with Crippen molar-refractivity contribution in [1.82, 2.24) is 14.7 Å². The predicted octanol–water partition coefficient (Wildman–Crippen LogP) is 6.17. The molecule has 0 bridgehead atoms. The number of nitrogens with one attached hydrogen (secondary N) is 1. The van der Waals surface area contributed by atoms with Crippen LogP contribution in [0.5, 0.6) is 0 Å². The second-order valence-corrected chi connectivity index (χ2v) is 13.2. The maximum atomic E-state index is 13.8. The molecule has 7 nitrogen and oxygen atoms in total. The van der Waals surface area contributed by atoms with Gasteiger partial charge in [-0.2, -0.15) is 13.2 Å². The van der Waals surface area contributed by atoms with E-state index >= 15 is 0 Å². The number of ether oxygens (including phenoxy) is 1. The molecular formula is C33H43F3N4O3. The summed E-state index contributed by atoms with van der Waals surface area (Å²) < 4.78 is 47.0. The van der Waals surface area contributed by atoms with E-state index in [1.807, 2.05) is 12.1 Å². The van der Waals surface area contributed by atoms with Gasteiger partial charge in [-0.25, -0.2) is 4.79 Å². The van der Waals surface area contributed by atoms with Gasteiger partial charge in [0.15, 0.2) is 0 Å². The average Bonchev–Trinajstić information content (AvgIpc) is 3.63. The number of fused-ring (bicyclic) bond motifs is 1. The van der Waals surface area contributed by atoms with Gasteiger partial charge in [-0.3, -0.25) is 9.69 Å². The normalized spacial score (nSPS) is 19.2. The fourth-order valence-corrected chi connectivity index (χ4v) is 6.12. The molecule has 2 amide bonds. The van der Waals surface area contributed by atoms with Gasteiger partial charge in [0.25, 0.3) is 0 Å². The van der Waals surface area contributed by atoms with Crippen LogP contribution in [0.2, 0.25) is 0 Å². The fourth-order valence-electron chi connectivity index (χ4n) is 6.12. The number of benzene rings is 2. The van der Waals surface area contributed by atoms with Gasteiger partial charge >= 0.3 is 12.3 Å². The van der Waals surface area contributed by atoms with E-state index < -0.39 is 23.4 Å². The number of anilines is 1. The van der Waals surface area contributed by atoms with E-state index in [4.69, 9.17) is 4.74 Å². The molecule has 1 saturated heterocycles. The number of carbonyl (C=O) groups is 2. The van der Waals surface area contributed by atoms with Crippen LogP contribution in [0.25, 0.3) is 0 Å². The molecule has 2 aliphatic heterocycles. The molecule has 43 heavy (non-hydrogen) atoms. The first-order valence-corrected chi connectivity index (χ1v) is 15.3. The summed E-state index contributed by atoms with van der Waals surface area (Å²) >= 11 is 0. The highest BCUT2D eigenvalue weighted by molar-refractivity contribution is 5.81. The molecule has 2 heterocycles. The zero-order valence-corrected chi connectivity index (χ0v) is 25.4. The van der Waals surface area contributed by atoms with Crippen LogP contribution in [0.4, 0.5) is 23.7 Å². The monoisotopic (exact) mass is 600 g/mol. The van der Waals surface area contributed by atoms with Crippen LogP contribution < -0.4 is 5.32 Å². The molecule has 5 rings (SSSR count). The number of halogens is 3. The van der Waals surface area contributed by atoms with Crippen LogP contribution >= 0.6 is 0 Å². The minimum atomic E-state index is -4.53. The summed E-state index contributed by atoms with van der Waals surface area (Å²) in [4.78, 5) is 31.9. The summed E-state index contributed by atoms with van der Waals surface area (Å²) in [5, 5.41) is 3.31. The van der Waals surface area contributed by atoms with Crippen LogP contribution in [-0.2, 0) is 35.2 Å². The van der Waals surface area contributed by atoms with E-state index in [0.717, 1.165) is 43.7 Å². The van der Waals surface area contributed by atoms with Crippen molar-refractivity contribution < 1.29 is 27.5 Å². The Hall–Kier alpha value is -3.27. The van der Waals surface area contributed by atoms with Gasteiger partial charge in [0, 0.05) is 51.5 Å². The summed E-state index contributed by atoms with van der Waals surface area (Å²) in [5.74, 6) is 0.470. The molecule has 3 aliphatic rings. The SMILES string of the molecule is CC(C)(C)OC(=O)N1CC[C@@H](CN(Cc2ccccc2C(F)(F)F)C(=O)CNc2cccc3c2CCN(CC2CC2)C3)C1. The average molecular weight is 601 g/mol. The summed E-state index contributed by atoms with van der Waals surface area (Å²) in [6.07, 6.45) is -0.776. The summed E-state index contributed by atoms with van der Waals surface area (Å²) in [7, 11) is 0. The molecule has 1 atom stereocenters. The lowest BCUT2D eigenvalue weighted by Crippen LogP contribution is -2.40. The highest BCUT2D eigenvalue weighted by atomic mass is 19.4. The van der Waals surface area contributed by atoms with Crippen LogP contribution in [0.3, 0.4) is 0 Å². The third-order valence-electron chi connectivity index (χ3n) is 8.44. The number of amides is 2. The standard InChI is InChI=1S/C33H43F3N4O3/c1-32(2,3)43-31(42)39-16-13-24(19-39)20-40(22-26-7-4-5-9-28(26)33(34,35)36)30(41)17-37-29-10-6-8-25-21-38(15-14-27(25)29)18-23-11-12-23/h4-10,23-24,37H,11-22H2,1-3H3/t24-/m1/s1. The number of hydrogen-bond donors (Lipinski definition) is 1. The smallest absolute Gasteiger partial charge is 0.416 e. The molecule has 2 aromatic rings. The van der Waals surface area contributed by atoms with Crippen LogP contribution in [0.15, 0.2) is 42.5 Å². The number of nitrogens with zero attached hydrogens (tertiary/aromatic N) is 3. The van der Waals surface area contributed by atoms with Crippen molar-refractivity contribution in [3.8, 4) is 0 Å². The highest BCUT2D eigenvalue weighted by Crippen LogP contribution is 2.34. The first-order valence-electron chi connectivity index (χ1n) is 15.3. The third-order valence-corrected chi connectivity index (χ3v) is 8.44. The quantitative estimate of drug-likeness (QED) is 0.373. The van der Waals surface area contributed by atoms with Gasteiger partial charge in [-0.05, 0) is 87.1 Å². The fraction of sp³-hybridized carbons (Fsp3) is 0.576. The van der Waals surface area contributed by atoms with Crippen LogP contribution in [0.1, 0.15) is 62.3 Å². The Kier molecular flexibility index (Phi) is 9.25. The van der Waals surface area contributed by atoms with E-state index in [-0.39, 0.29) is 37.0 Å². The lowest BCUT2D eigenvalue weighted by atomic mass is 9.97. The third kappa shape index (κ3) is 8.43. The van der Waals surface area contributed by atoms with Gasteiger partial charge in [-0.1, -0.05) is 30.3 Å². The Morgan fingerprint density at radius 1 is 1.00 bits per heavy atom. The lowest BCUT2D eigenvalue weighted by Gasteiger charge is -2.31. The van der Waals surface area contributed by atoms with Crippen molar-refractivity contribution in [2.75, 3.05) is 44.6 Å². The zero-order chi connectivity index (χ0) is 30.8. The highest BCUT2D eigenvalue weighted by Gasteiger charge is 2.35. The zero-order valence-electron chi connectivity index (χ0n) is 25.4. The Labute approximate surface area is 252 Å². The molecule has 2 aromatic carbocycles. The molecule has 2 fully saturated rings. The number of rotatable bonds is 9. The molecular weight excluding hydrogens is 557 g/mol. The summed E-state index contributed by atoms with van der Waals surface area (Å²) in [6.45, 7) is 9.34. The van der Waals surface area contributed by atoms with Gasteiger partial charge in [0.2, 0.25) is 5.91 Å². The van der Waals surface area contributed by atoms with E-state index in [9.17, 15) is 22.8 Å². The molecule has 1 N–H and O–H groups in total. The maximum absolute atomic E-state index is 13.8. The van der Waals surface area contributed by atoms with Crippen molar-refractivity contribution >= 4 is 17.7 Å².